The van der Waals surface area contributed by atoms with Crippen molar-refractivity contribution >= 4 is 32.8 Å². The fourth-order valence-corrected chi connectivity index (χ4v) is 2.35. The monoisotopic (exact) mass is 279 g/mol. The Hall–Kier alpha value is -1.42. The molecule has 2 aromatic rings. The summed E-state index contributed by atoms with van der Waals surface area (Å²) in [4.78, 5) is 15.2. The minimum atomic E-state index is -0.972. The van der Waals surface area contributed by atoms with E-state index in [0.29, 0.717) is 4.47 Å². The molecule has 16 heavy (non-hydrogen) atoms. The molecule has 0 fully saturated rings. The van der Waals surface area contributed by atoms with Crippen LogP contribution in [0.2, 0.25) is 0 Å². The second-order valence-corrected chi connectivity index (χ2v) is 4.56. The number of carboxylic acids is 1. The molecule has 0 aliphatic carbocycles. The molecule has 0 aliphatic heterocycles. The maximum Gasteiger partial charge on any atom is 0.338 e. The van der Waals surface area contributed by atoms with Gasteiger partial charge in [-0.25, -0.2) is 4.79 Å². The molecular weight excluding hydrogens is 270 g/mol. The zero-order valence-corrected chi connectivity index (χ0v) is 10.5. The molecule has 0 amide bonds. The smallest absolute Gasteiger partial charge is 0.338 e. The third kappa shape index (κ3) is 1.69. The van der Waals surface area contributed by atoms with E-state index in [0.717, 1.165) is 22.0 Å². The van der Waals surface area contributed by atoms with E-state index in [2.05, 4.69) is 20.9 Å². The predicted octanol–water partition coefficient (Wildman–Crippen LogP) is 3.31. The first-order valence-electron chi connectivity index (χ1n) is 4.79. The number of fused-ring (bicyclic) bond motifs is 1. The number of aromatic carboxylic acids is 1. The van der Waals surface area contributed by atoms with Crippen LogP contribution >= 0.6 is 15.9 Å². The minimum absolute atomic E-state index is 0.192. The van der Waals surface area contributed by atoms with E-state index in [1.165, 1.54) is 6.20 Å². The molecule has 0 aliphatic rings. The lowest BCUT2D eigenvalue weighted by atomic mass is 10.1. The van der Waals surface area contributed by atoms with Crippen LogP contribution in [-0.2, 0) is 0 Å². The second kappa shape index (κ2) is 3.87. The Morgan fingerprint density at radius 2 is 2.06 bits per heavy atom. The molecule has 0 bridgehead atoms. The van der Waals surface area contributed by atoms with Gasteiger partial charge < -0.3 is 5.11 Å². The molecule has 0 unspecified atom stereocenters. The Labute approximate surface area is 101 Å². The fourth-order valence-electron chi connectivity index (χ4n) is 1.78. The molecular formula is C12H10BrNO2. The summed E-state index contributed by atoms with van der Waals surface area (Å²) in [6.07, 6.45) is 1.39. The van der Waals surface area contributed by atoms with Crippen LogP contribution in [0, 0.1) is 13.8 Å². The first-order chi connectivity index (χ1) is 7.50. The van der Waals surface area contributed by atoms with Crippen LogP contribution in [0.3, 0.4) is 0 Å². The van der Waals surface area contributed by atoms with Crippen LogP contribution in [0.5, 0.6) is 0 Å². The summed E-state index contributed by atoms with van der Waals surface area (Å²) in [7, 11) is 0. The predicted molar refractivity (Wildman–Crippen MR) is 65.9 cm³/mol. The SMILES string of the molecule is Cc1cc(C)c2ncc(C(=O)O)c(Br)c2c1. The number of aromatic nitrogens is 1. The normalized spacial score (nSPS) is 10.7. The third-order valence-corrected chi connectivity index (χ3v) is 3.33. The maximum absolute atomic E-state index is 11.0. The second-order valence-electron chi connectivity index (χ2n) is 3.77. The van der Waals surface area contributed by atoms with Crippen LogP contribution in [0.15, 0.2) is 22.8 Å². The molecule has 1 aromatic carbocycles. The largest absolute Gasteiger partial charge is 0.478 e. The lowest BCUT2D eigenvalue weighted by Gasteiger charge is -2.07. The molecule has 0 radical (unpaired) electrons. The van der Waals surface area contributed by atoms with Crippen molar-refractivity contribution in [1.82, 2.24) is 4.98 Å². The lowest BCUT2D eigenvalue weighted by molar-refractivity contribution is 0.0695. The Morgan fingerprint density at radius 3 is 2.69 bits per heavy atom. The van der Waals surface area contributed by atoms with Crippen molar-refractivity contribution in [2.24, 2.45) is 0 Å². The van der Waals surface area contributed by atoms with Crippen LogP contribution < -0.4 is 0 Å². The van der Waals surface area contributed by atoms with Crippen molar-refractivity contribution in [3.05, 3.63) is 39.5 Å². The Kier molecular flexibility index (Phi) is 2.68. The number of pyridine rings is 1. The standard InChI is InChI=1S/C12H10BrNO2/c1-6-3-7(2)11-8(4-6)10(13)9(5-14-11)12(15)16/h3-5H,1-2H3,(H,15,16). The molecule has 2 rings (SSSR count). The molecule has 3 nitrogen and oxygen atoms in total. The average molecular weight is 280 g/mol. The number of benzene rings is 1. The van der Waals surface area contributed by atoms with E-state index in [4.69, 9.17) is 5.11 Å². The van der Waals surface area contributed by atoms with Crippen LogP contribution in [0.4, 0.5) is 0 Å². The summed E-state index contributed by atoms with van der Waals surface area (Å²) in [6, 6.07) is 3.97. The Balaban J connectivity index is 2.89. The maximum atomic E-state index is 11.0. The molecule has 82 valence electrons. The van der Waals surface area contributed by atoms with Crippen molar-refractivity contribution in [3.8, 4) is 0 Å². The van der Waals surface area contributed by atoms with Gasteiger partial charge in [0.15, 0.2) is 0 Å². The van der Waals surface area contributed by atoms with Crippen molar-refractivity contribution in [2.75, 3.05) is 0 Å². The molecule has 1 aromatic heterocycles. The summed E-state index contributed by atoms with van der Waals surface area (Å²) >= 11 is 3.33. The summed E-state index contributed by atoms with van der Waals surface area (Å²) in [5, 5.41) is 9.84. The summed E-state index contributed by atoms with van der Waals surface area (Å²) in [5.41, 5.74) is 3.17. The van der Waals surface area contributed by atoms with Crippen LogP contribution in [-0.4, -0.2) is 16.1 Å². The zero-order chi connectivity index (χ0) is 11.9. The van der Waals surface area contributed by atoms with Gasteiger partial charge >= 0.3 is 5.97 Å². The highest BCUT2D eigenvalue weighted by molar-refractivity contribution is 9.10. The first-order valence-corrected chi connectivity index (χ1v) is 5.58. The number of nitrogens with zero attached hydrogens (tertiary/aromatic N) is 1. The Morgan fingerprint density at radius 1 is 1.38 bits per heavy atom. The number of aryl methyl sites for hydroxylation is 2. The van der Waals surface area contributed by atoms with E-state index < -0.39 is 5.97 Å². The lowest BCUT2D eigenvalue weighted by Crippen LogP contribution is -2.00. The van der Waals surface area contributed by atoms with Gasteiger partial charge in [0.2, 0.25) is 0 Å². The Bertz CT molecular complexity index is 593. The van der Waals surface area contributed by atoms with Gasteiger partial charge in [-0.2, -0.15) is 0 Å². The number of hydrogen-bond donors (Lipinski definition) is 1. The van der Waals surface area contributed by atoms with E-state index in [1.807, 2.05) is 26.0 Å². The van der Waals surface area contributed by atoms with E-state index in [1.54, 1.807) is 0 Å². The number of hydrogen-bond acceptors (Lipinski definition) is 2. The molecule has 0 atom stereocenters. The number of halogens is 1. The highest BCUT2D eigenvalue weighted by atomic mass is 79.9. The van der Waals surface area contributed by atoms with Gasteiger partial charge in [0.05, 0.1) is 11.1 Å². The molecule has 0 saturated carbocycles. The van der Waals surface area contributed by atoms with E-state index >= 15 is 0 Å². The molecule has 0 saturated heterocycles. The van der Waals surface area contributed by atoms with Gasteiger partial charge in [-0.15, -0.1) is 0 Å². The van der Waals surface area contributed by atoms with Gasteiger partial charge in [0, 0.05) is 16.1 Å². The summed E-state index contributed by atoms with van der Waals surface area (Å²) in [5.74, 6) is -0.972. The third-order valence-electron chi connectivity index (χ3n) is 2.47. The number of rotatable bonds is 1. The van der Waals surface area contributed by atoms with Gasteiger partial charge in [0.25, 0.3) is 0 Å². The van der Waals surface area contributed by atoms with Gasteiger partial charge in [0.1, 0.15) is 0 Å². The molecule has 4 heteroatoms. The highest BCUT2D eigenvalue weighted by Gasteiger charge is 2.13. The summed E-state index contributed by atoms with van der Waals surface area (Å²) in [6.45, 7) is 3.95. The van der Waals surface area contributed by atoms with Crippen molar-refractivity contribution < 1.29 is 9.90 Å². The molecule has 1 N–H and O–H groups in total. The van der Waals surface area contributed by atoms with Gasteiger partial charge in [-0.3, -0.25) is 4.98 Å². The number of carbonyl (C=O) groups is 1. The topological polar surface area (TPSA) is 50.2 Å². The van der Waals surface area contributed by atoms with Gasteiger partial charge in [-0.1, -0.05) is 11.6 Å². The minimum Gasteiger partial charge on any atom is -0.478 e. The van der Waals surface area contributed by atoms with Crippen LogP contribution in [0.1, 0.15) is 21.5 Å². The quantitative estimate of drug-likeness (QED) is 0.871. The van der Waals surface area contributed by atoms with Gasteiger partial charge in [-0.05, 0) is 41.4 Å². The molecule has 1 heterocycles. The van der Waals surface area contributed by atoms with Crippen molar-refractivity contribution in [2.45, 2.75) is 13.8 Å². The van der Waals surface area contributed by atoms with Crippen molar-refractivity contribution in [3.63, 3.8) is 0 Å². The fraction of sp³-hybridized carbons (Fsp3) is 0.167. The first kappa shape index (κ1) is 11.1. The van der Waals surface area contributed by atoms with E-state index in [-0.39, 0.29) is 5.56 Å². The highest BCUT2D eigenvalue weighted by Crippen LogP contribution is 2.28. The van der Waals surface area contributed by atoms with Crippen LogP contribution in [0.25, 0.3) is 10.9 Å². The summed E-state index contributed by atoms with van der Waals surface area (Å²) < 4.78 is 0.594. The number of carboxylic acid groups (broad SMARTS) is 1. The van der Waals surface area contributed by atoms with E-state index in [9.17, 15) is 4.79 Å². The average Bonchev–Trinajstić information content (AvgIpc) is 2.19. The van der Waals surface area contributed by atoms with Crippen molar-refractivity contribution in [1.29, 1.82) is 0 Å². The zero-order valence-electron chi connectivity index (χ0n) is 8.91. The molecule has 0 spiro atoms.